The summed E-state index contributed by atoms with van der Waals surface area (Å²) in [6, 6.07) is 20.5. The third-order valence-electron chi connectivity index (χ3n) is 3.82. The summed E-state index contributed by atoms with van der Waals surface area (Å²) in [7, 11) is 0. The SMILES string of the molecule is C[C@H](Oc1ccc2ccccc2c1)C(=O)NNC(=O)c1ccccc1Br. The number of hydrazine groups is 1. The number of halogens is 1. The van der Waals surface area contributed by atoms with Gasteiger partial charge in [-0.25, -0.2) is 0 Å². The number of amides is 2. The third-order valence-corrected chi connectivity index (χ3v) is 4.51. The fourth-order valence-electron chi connectivity index (χ4n) is 2.43. The van der Waals surface area contributed by atoms with Gasteiger partial charge >= 0.3 is 0 Å². The van der Waals surface area contributed by atoms with E-state index in [0.29, 0.717) is 15.8 Å². The lowest BCUT2D eigenvalue weighted by Crippen LogP contribution is -2.47. The molecule has 0 heterocycles. The second-order valence-corrected chi connectivity index (χ2v) is 6.55. The molecule has 0 aliphatic rings. The smallest absolute Gasteiger partial charge is 0.279 e. The van der Waals surface area contributed by atoms with Crippen molar-refractivity contribution in [3.63, 3.8) is 0 Å². The Balaban J connectivity index is 1.59. The van der Waals surface area contributed by atoms with Gasteiger partial charge in [0.2, 0.25) is 0 Å². The maximum atomic E-state index is 12.2. The summed E-state index contributed by atoms with van der Waals surface area (Å²) in [4.78, 5) is 24.3. The summed E-state index contributed by atoms with van der Waals surface area (Å²) in [6.45, 7) is 1.62. The topological polar surface area (TPSA) is 67.4 Å². The van der Waals surface area contributed by atoms with Crippen molar-refractivity contribution in [3.8, 4) is 5.75 Å². The van der Waals surface area contributed by atoms with Crippen LogP contribution in [0.15, 0.2) is 71.2 Å². The lowest BCUT2D eigenvalue weighted by Gasteiger charge is -2.15. The van der Waals surface area contributed by atoms with Gasteiger partial charge in [-0.2, -0.15) is 0 Å². The van der Waals surface area contributed by atoms with Gasteiger partial charge in [0, 0.05) is 4.47 Å². The summed E-state index contributed by atoms with van der Waals surface area (Å²) >= 11 is 3.30. The van der Waals surface area contributed by atoms with Gasteiger partial charge in [0.25, 0.3) is 11.8 Å². The molecule has 0 aliphatic carbocycles. The Morgan fingerprint density at radius 1 is 0.923 bits per heavy atom. The maximum Gasteiger partial charge on any atom is 0.279 e. The molecule has 6 heteroatoms. The number of carbonyl (C=O) groups excluding carboxylic acids is 2. The number of rotatable bonds is 4. The van der Waals surface area contributed by atoms with E-state index in [1.165, 1.54) is 0 Å². The summed E-state index contributed by atoms with van der Waals surface area (Å²) in [5, 5.41) is 2.12. The quantitative estimate of drug-likeness (QED) is 0.639. The summed E-state index contributed by atoms with van der Waals surface area (Å²) in [5.74, 6) is -0.272. The predicted octanol–water partition coefficient (Wildman–Crippen LogP) is 3.83. The number of nitrogens with one attached hydrogen (secondary N) is 2. The van der Waals surface area contributed by atoms with E-state index < -0.39 is 17.9 Å². The number of hydrogen-bond acceptors (Lipinski definition) is 3. The number of benzene rings is 3. The molecular formula is C20H17BrN2O3. The van der Waals surface area contributed by atoms with Crippen LogP contribution in [0, 0.1) is 0 Å². The molecule has 3 aromatic carbocycles. The Hall–Kier alpha value is -2.86. The molecule has 0 fully saturated rings. The van der Waals surface area contributed by atoms with Crippen molar-refractivity contribution in [1.82, 2.24) is 10.9 Å². The van der Waals surface area contributed by atoms with Crippen LogP contribution in [0.3, 0.4) is 0 Å². The molecule has 0 bridgehead atoms. The highest BCUT2D eigenvalue weighted by Crippen LogP contribution is 2.21. The van der Waals surface area contributed by atoms with Crippen LogP contribution in [0.5, 0.6) is 5.75 Å². The zero-order chi connectivity index (χ0) is 18.5. The average molecular weight is 413 g/mol. The van der Waals surface area contributed by atoms with Gasteiger partial charge in [-0.05, 0) is 57.9 Å². The molecule has 3 aromatic rings. The maximum absolute atomic E-state index is 12.2. The van der Waals surface area contributed by atoms with Crippen LogP contribution in [0.4, 0.5) is 0 Å². The molecule has 0 saturated carbocycles. The normalized spacial score (nSPS) is 11.6. The van der Waals surface area contributed by atoms with Crippen LogP contribution >= 0.6 is 15.9 Å². The molecule has 2 N–H and O–H groups in total. The van der Waals surface area contributed by atoms with E-state index in [-0.39, 0.29) is 0 Å². The molecule has 0 unspecified atom stereocenters. The molecule has 0 aromatic heterocycles. The summed E-state index contributed by atoms with van der Waals surface area (Å²) in [5.41, 5.74) is 5.20. The molecule has 2 amide bonds. The third kappa shape index (κ3) is 4.21. The van der Waals surface area contributed by atoms with Crippen molar-refractivity contribution < 1.29 is 14.3 Å². The van der Waals surface area contributed by atoms with Gasteiger partial charge in [-0.3, -0.25) is 20.4 Å². The fourth-order valence-corrected chi connectivity index (χ4v) is 2.90. The predicted molar refractivity (Wildman–Crippen MR) is 104 cm³/mol. The minimum atomic E-state index is -0.768. The first kappa shape index (κ1) is 17.9. The molecule has 26 heavy (non-hydrogen) atoms. The summed E-state index contributed by atoms with van der Waals surface area (Å²) < 4.78 is 6.32. The molecule has 1 atom stereocenters. The van der Waals surface area contributed by atoms with Crippen molar-refractivity contribution in [2.45, 2.75) is 13.0 Å². The molecule has 132 valence electrons. The first-order chi connectivity index (χ1) is 12.5. The number of hydrogen-bond donors (Lipinski definition) is 2. The molecule has 0 radical (unpaired) electrons. The zero-order valence-electron chi connectivity index (χ0n) is 14.0. The van der Waals surface area contributed by atoms with Crippen LogP contribution in [0.2, 0.25) is 0 Å². The van der Waals surface area contributed by atoms with Gasteiger partial charge in [0.1, 0.15) is 5.75 Å². The van der Waals surface area contributed by atoms with Crippen LogP contribution in [-0.2, 0) is 4.79 Å². The van der Waals surface area contributed by atoms with Gasteiger partial charge in [-0.15, -0.1) is 0 Å². The van der Waals surface area contributed by atoms with Crippen LogP contribution in [-0.4, -0.2) is 17.9 Å². The largest absolute Gasteiger partial charge is 0.481 e. The minimum Gasteiger partial charge on any atom is -0.481 e. The standard InChI is InChI=1S/C20H17BrN2O3/c1-13(26-16-11-10-14-6-2-3-7-15(14)12-16)19(24)22-23-20(25)17-8-4-5-9-18(17)21/h2-13H,1H3,(H,22,24)(H,23,25)/t13-/m0/s1. The Kier molecular flexibility index (Phi) is 5.53. The molecule has 3 rings (SSSR count). The lowest BCUT2D eigenvalue weighted by atomic mass is 10.1. The van der Waals surface area contributed by atoms with E-state index in [1.807, 2.05) is 42.5 Å². The van der Waals surface area contributed by atoms with Gasteiger partial charge in [0.05, 0.1) is 5.56 Å². The highest BCUT2D eigenvalue weighted by molar-refractivity contribution is 9.10. The van der Waals surface area contributed by atoms with E-state index in [4.69, 9.17) is 4.74 Å². The van der Waals surface area contributed by atoms with Crippen LogP contribution in [0.25, 0.3) is 10.8 Å². The van der Waals surface area contributed by atoms with Gasteiger partial charge in [-0.1, -0.05) is 42.5 Å². The first-order valence-electron chi connectivity index (χ1n) is 8.05. The van der Waals surface area contributed by atoms with Crippen molar-refractivity contribution in [1.29, 1.82) is 0 Å². The van der Waals surface area contributed by atoms with Crippen molar-refractivity contribution >= 4 is 38.5 Å². The number of ether oxygens (including phenoxy) is 1. The van der Waals surface area contributed by atoms with Crippen molar-refractivity contribution in [2.75, 3.05) is 0 Å². The highest BCUT2D eigenvalue weighted by atomic mass is 79.9. The van der Waals surface area contributed by atoms with Gasteiger partial charge in [0.15, 0.2) is 6.10 Å². The van der Waals surface area contributed by atoms with Gasteiger partial charge < -0.3 is 4.74 Å². The number of carbonyl (C=O) groups is 2. The van der Waals surface area contributed by atoms with E-state index in [1.54, 1.807) is 31.2 Å². The second kappa shape index (κ2) is 8.01. The molecule has 0 aliphatic heterocycles. The van der Waals surface area contributed by atoms with Crippen molar-refractivity contribution in [3.05, 3.63) is 76.8 Å². The Bertz CT molecular complexity index is 958. The average Bonchev–Trinajstić information content (AvgIpc) is 2.66. The lowest BCUT2D eigenvalue weighted by molar-refractivity contribution is -0.128. The monoisotopic (exact) mass is 412 g/mol. The molecule has 5 nitrogen and oxygen atoms in total. The van der Waals surface area contributed by atoms with E-state index in [0.717, 1.165) is 10.8 Å². The summed E-state index contributed by atoms with van der Waals surface area (Å²) in [6.07, 6.45) is -0.768. The molecule has 0 saturated heterocycles. The Labute approximate surface area is 159 Å². The first-order valence-corrected chi connectivity index (χ1v) is 8.84. The van der Waals surface area contributed by atoms with Crippen LogP contribution in [0.1, 0.15) is 17.3 Å². The zero-order valence-corrected chi connectivity index (χ0v) is 15.6. The number of fused-ring (bicyclic) bond motifs is 1. The highest BCUT2D eigenvalue weighted by Gasteiger charge is 2.16. The Morgan fingerprint density at radius 3 is 2.38 bits per heavy atom. The molecule has 0 spiro atoms. The minimum absolute atomic E-state index is 0.413. The van der Waals surface area contributed by atoms with Crippen LogP contribution < -0.4 is 15.6 Å². The van der Waals surface area contributed by atoms with E-state index in [2.05, 4.69) is 26.8 Å². The second-order valence-electron chi connectivity index (χ2n) is 5.69. The van der Waals surface area contributed by atoms with Crippen molar-refractivity contribution in [2.24, 2.45) is 0 Å². The Morgan fingerprint density at radius 2 is 1.62 bits per heavy atom. The van der Waals surface area contributed by atoms with E-state index >= 15 is 0 Å². The molecular weight excluding hydrogens is 396 g/mol. The van der Waals surface area contributed by atoms with E-state index in [9.17, 15) is 9.59 Å². The fraction of sp³-hybridized carbons (Fsp3) is 0.100.